The lowest BCUT2D eigenvalue weighted by Crippen LogP contribution is -2.50. The monoisotopic (exact) mass is 228 g/mol. The van der Waals surface area contributed by atoms with Crippen LogP contribution in [0.15, 0.2) is 0 Å². The first-order valence-corrected chi connectivity index (χ1v) is 5.72. The largest absolute Gasteiger partial charge is 0.375 e. The van der Waals surface area contributed by atoms with E-state index in [2.05, 4.69) is 5.32 Å². The van der Waals surface area contributed by atoms with Crippen molar-refractivity contribution in [2.24, 2.45) is 11.7 Å². The standard InChI is InChI=1S/C11H20N2O3/c1-16-7-9(14)13-10(11(12)15)8-5-3-2-4-6-8/h8,10H,2-7H2,1H3,(H2,12,15)(H,13,14)/t10-/m0/s1. The fourth-order valence-electron chi connectivity index (χ4n) is 2.23. The Balaban J connectivity index is 2.52. The predicted molar refractivity (Wildman–Crippen MR) is 59.6 cm³/mol. The third-order valence-corrected chi connectivity index (χ3v) is 3.02. The fraction of sp³-hybridized carbons (Fsp3) is 0.818. The van der Waals surface area contributed by atoms with Gasteiger partial charge in [0.25, 0.3) is 0 Å². The highest BCUT2D eigenvalue weighted by molar-refractivity contribution is 5.87. The second kappa shape index (κ2) is 6.48. The van der Waals surface area contributed by atoms with Crippen LogP contribution in [-0.4, -0.2) is 31.6 Å². The van der Waals surface area contributed by atoms with Crippen LogP contribution in [0.2, 0.25) is 0 Å². The number of primary amides is 1. The highest BCUT2D eigenvalue weighted by Gasteiger charge is 2.28. The van der Waals surface area contributed by atoms with Gasteiger partial charge in [0.1, 0.15) is 12.6 Å². The van der Waals surface area contributed by atoms with E-state index in [4.69, 9.17) is 10.5 Å². The first-order valence-electron chi connectivity index (χ1n) is 5.72. The van der Waals surface area contributed by atoms with Gasteiger partial charge in [-0.25, -0.2) is 0 Å². The van der Waals surface area contributed by atoms with Crippen LogP contribution < -0.4 is 11.1 Å². The van der Waals surface area contributed by atoms with E-state index in [0.717, 1.165) is 25.7 Å². The Morgan fingerprint density at radius 1 is 1.38 bits per heavy atom. The van der Waals surface area contributed by atoms with Crippen molar-refractivity contribution < 1.29 is 14.3 Å². The van der Waals surface area contributed by atoms with Gasteiger partial charge in [-0.05, 0) is 18.8 Å². The average Bonchev–Trinajstić information content (AvgIpc) is 2.27. The van der Waals surface area contributed by atoms with Gasteiger partial charge in [0.15, 0.2) is 0 Å². The molecular weight excluding hydrogens is 208 g/mol. The Kier molecular flexibility index (Phi) is 5.25. The maximum absolute atomic E-state index is 11.4. The fourth-order valence-corrected chi connectivity index (χ4v) is 2.23. The van der Waals surface area contributed by atoms with E-state index in [9.17, 15) is 9.59 Å². The molecule has 5 heteroatoms. The van der Waals surface area contributed by atoms with Gasteiger partial charge >= 0.3 is 0 Å². The van der Waals surface area contributed by atoms with E-state index in [0.29, 0.717) is 0 Å². The molecule has 1 atom stereocenters. The summed E-state index contributed by atoms with van der Waals surface area (Å²) in [6, 6.07) is -0.539. The molecule has 0 radical (unpaired) electrons. The van der Waals surface area contributed by atoms with Gasteiger partial charge in [-0.2, -0.15) is 0 Å². The molecule has 0 bridgehead atoms. The number of carbonyl (C=O) groups is 2. The maximum Gasteiger partial charge on any atom is 0.246 e. The number of nitrogens with two attached hydrogens (primary N) is 1. The SMILES string of the molecule is COCC(=O)N[C@H](C(N)=O)C1CCCCC1. The summed E-state index contributed by atoms with van der Waals surface area (Å²) in [6.07, 6.45) is 5.33. The van der Waals surface area contributed by atoms with Crippen LogP contribution in [-0.2, 0) is 14.3 Å². The lowest BCUT2D eigenvalue weighted by molar-refractivity contribution is -0.131. The summed E-state index contributed by atoms with van der Waals surface area (Å²) < 4.78 is 4.71. The summed E-state index contributed by atoms with van der Waals surface area (Å²) in [5.41, 5.74) is 5.32. The van der Waals surface area contributed by atoms with Gasteiger partial charge in [-0.15, -0.1) is 0 Å². The summed E-state index contributed by atoms with van der Waals surface area (Å²) in [6.45, 7) is -0.0313. The molecule has 92 valence electrons. The van der Waals surface area contributed by atoms with E-state index >= 15 is 0 Å². The number of methoxy groups -OCH3 is 1. The Morgan fingerprint density at radius 3 is 2.50 bits per heavy atom. The first-order chi connectivity index (χ1) is 7.65. The highest BCUT2D eigenvalue weighted by Crippen LogP contribution is 2.26. The summed E-state index contributed by atoms with van der Waals surface area (Å²) >= 11 is 0. The first kappa shape index (κ1) is 13.0. The summed E-state index contributed by atoms with van der Waals surface area (Å²) in [4.78, 5) is 22.7. The zero-order valence-corrected chi connectivity index (χ0v) is 9.70. The molecular formula is C11H20N2O3. The molecule has 1 aliphatic rings. The lowest BCUT2D eigenvalue weighted by Gasteiger charge is -2.28. The number of hydrogen-bond donors (Lipinski definition) is 2. The highest BCUT2D eigenvalue weighted by atomic mass is 16.5. The molecule has 0 heterocycles. The Bertz CT molecular complexity index is 248. The van der Waals surface area contributed by atoms with Gasteiger partial charge in [0, 0.05) is 7.11 Å². The number of amides is 2. The van der Waals surface area contributed by atoms with Gasteiger partial charge in [0.2, 0.25) is 11.8 Å². The molecule has 0 spiro atoms. The van der Waals surface area contributed by atoms with Crippen LogP contribution in [0, 0.1) is 5.92 Å². The minimum absolute atomic E-state index is 0.0313. The van der Waals surface area contributed by atoms with E-state index in [-0.39, 0.29) is 18.4 Å². The molecule has 1 fully saturated rings. The molecule has 1 saturated carbocycles. The number of ether oxygens (including phenoxy) is 1. The number of hydrogen-bond acceptors (Lipinski definition) is 3. The van der Waals surface area contributed by atoms with Gasteiger partial charge in [-0.3, -0.25) is 9.59 Å². The molecule has 0 aromatic rings. The van der Waals surface area contributed by atoms with E-state index in [1.807, 2.05) is 0 Å². The normalized spacial score (nSPS) is 19.1. The lowest BCUT2D eigenvalue weighted by atomic mass is 9.83. The Hall–Kier alpha value is -1.10. The van der Waals surface area contributed by atoms with Crippen LogP contribution in [0.1, 0.15) is 32.1 Å². The molecule has 2 amide bonds. The molecule has 1 aliphatic carbocycles. The second-order valence-electron chi connectivity index (χ2n) is 4.28. The zero-order chi connectivity index (χ0) is 12.0. The van der Waals surface area contributed by atoms with Crippen molar-refractivity contribution in [2.45, 2.75) is 38.1 Å². The third kappa shape index (κ3) is 3.81. The van der Waals surface area contributed by atoms with Crippen molar-refractivity contribution in [2.75, 3.05) is 13.7 Å². The molecule has 0 aromatic carbocycles. The Morgan fingerprint density at radius 2 is 2.00 bits per heavy atom. The quantitative estimate of drug-likeness (QED) is 0.704. The predicted octanol–water partition coefficient (Wildman–Crippen LogP) is 0.183. The van der Waals surface area contributed by atoms with Crippen LogP contribution in [0.3, 0.4) is 0 Å². The second-order valence-corrected chi connectivity index (χ2v) is 4.28. The summed E-state index contributed by atoms with van der Waals surface area (Å²) in [5.74, 6) is -0.541. The molecule has 1 rings (SSSR count). The third-order valence-electron chi connectivity index (χ3n) is 3.02. The number of nitrogens with one attached hydrogen (secondary N) is 1. The Labute approximate surface area is 95.7 Å². The number of carbonyl (C=O) groups excluding carboxylic acids is 2. The van der Waals surface area contributed by atoms with E-state index < -0.39 is 11.9 Å². The topological polar surface area (TPSA) is 81.4 Å². The van der Waals surface area contributed by atoms with Gasteiger partial charge in [0.05, 0.1) is 0 Å². The van der Waals surface area contributed by atoms with E-state index in [1.54, 1.807) is 0 Å². The molecule has 0 unspecified atom stereocenters. The minimum atomic E-state index is -0.539. The summed E-state index contributed by atoms with van der Waals surface area (Å²) in [7, 11) is 1.44. The molecule has 5 nitrogen and oxygen atoms in total. The van der Waals surface area contributed by atoms with Crippen LogP contribution in [0.5, 0.6) is 0 Å². The summed E-state index contributed by atoms with van der Waals surface area (Å²) in [5, 5.41) is 2.65. The van der Waals surface area contributed by atoms with Crippen molar-refractivity contribution in [3.63, 3.8) is 0 Å². The van der Waals surface area contributed by atoms with Crippen molar-refractivity contribution in [1.82, 2.24) is 5.32 Å². The molecule has 0 aromatic heterocycles. The smallest absolute Gasteiger partial charge is 0.246 e. The number of rotatable bonds is 5. The zero-order valence-electron chi connectivity index (χ0n) is 9.70. The van der Waals surface area contributed by atoms with Crippen molar-refractivity contribution in [3.8, 4) is 0 Å². The molecule has 0 aliphatic heterocycles. The van der Waals surface area contributed by atoms with Crippen molar-refractivity contribution in [1.29, 1.82) is 0 Å². The average molecular weight is 228 g/mol. The minimum Gasteiger partial charge on any atom is -0.375 e. The molecule has 16 heavy (non-hydrogen) atoms. The van der Waals surface area contributed by atoms with Gasteiger partial charge < -0.3 is 15.8 Å². The van der Waals surface area contributed by atoms with E-state index in [1.165, 1.54) is 13.5 Å². The van der Waals surface area contributed by atoms with Crippen molar-refractivity contribution >= 4 is 11.8 Å². The molecule has 0 saturated heterocycles. The van der Waals surface area contributed by atoms with Crippen LogP contribution >= 0.6 is 0 Å². The maximum atomic E-state index is 11.4. The van der Waals surface area contributed by atoms with Crippen LogP contribution in [0.25, 0.3) is 0 Å². The van der Waals surface area contributed by atoms with Crippen molar-refractivity contribution in [3.05, 3.63) is 0 Å². The van der Waals surface area contributed by atoms with Crippen LogP contribution in [0.4, 0.5) is 0 Å². The van der Waals surface area contributed by atoms with Gasteiger partial charge in [-0.1, -0.05) is 19.3 Å². The molecule has 3 N–H and O–H groups in total.